The van der Waals surface area contributed by atoms with Gasteiger partial charge in [-0.1, -0.05) is 22.0 Å². The van der Waals surface area contributed by atoms with Crippen LogP contribution in [0.4, 0.5) is 5.69 Å². The molecule has 1 heterocycles. The third-order valence-electron chi connectivity index (χ3n) is 2.48. The van der Waals surface area contributed by atoms with Gasteiger partial charge in [0.25, 0.3) is 0 Å². The van der Waals surface area contributed by atoms with Crippen molar-refractivity contribution in [2.45, 2.75) is 20.4 Å². The van der Waals surface area contributed by atoms with Crippen LogP contribution < -0.4 is 5.32 Å². The fourth-order valence-corrected chi connectivity index (χ4v) is 1.88. The fraction of sp³-hybridized carbons (Fsp3) is 0.231. The number of anilines is 1. The van der Waals surface area contributed by atoms with Crippen molar-refractivity contribution in [2.24, 2.45) is 0 Å². The highest BCUT2D eigenvalue weighted by atomic mass is 79.9. The van der Waals surface area contributed by atoms with E-state index in [4.69, 9.17) is 0 Å². The molecule has 0 unspecified atom stereocenters. The van der Waals surface area contributed by atoms with E-state index < -0.39 is 0 Å². The number of nitrogens with zero attached hydrogens (tertiary/aromatic N) is 2. The zero-order chi connectivity index (χ0) is 12.3. The van der Waals surface area contributed by atoms with Gasteiger partial charge in [0.2, 0.25) is 0 Å². The van der Waals surface area contributed by atoms with E-state index in [1.807, 2.05) is 13.0 Å². The van der Waals surface area contributed by atoms with Gasteiger partial charge in [-0.05, 0) is 37.6 Å². The Morgan fingerprint density at radius 2 is 2.06 bits per heavy atom. The van der Waals surface area contributed by atoms with Crippen LogP contribution in [0, 0.1) is 13.8 Å². The SMILES string of the molecule is Cc1nccc(CNc2ccc(C)c(Br)c2)n1. The van der Waals surface area contributed by atoms with Crippen LogP contribution in [0.3, 0.4) is 0 Å². The number of aryl methyl sites for hydroxylation is 2. The molecular formula is C13H14BrN3. The number of halogens is 1. The number of rotatable bonds is 3. The van der Waals surface area contributed by atoms with Crippen LogP contribution in [-0.4, -0.2) is 9.97 Å². The molecule has 0 aliphatic rings. The molecule has 3 nitrogen and oxygen atoms in total. The Morgan fingerprint density at radius 1 is 1.24 bits per heavy atom. The highest BCUT2D eigenvalue weighted by molar-refractivity contribution is 9.10. The van der Waals surface area contributed by atoms with Gasteiger partial charge in [-0.2, -0.15) is 0 Å². The molecule has 0 fully saturated rings. The van der Waals surface area contributed by atoms with Crippen molar-refractivity contribution in [3.8, 4) is 0 Å². The maximum atomic E-state index is 4.34. The molecular weight excluding hydrogens is 278 g/mol. The molecule has 1 aromatic heterocycles. The Hall–Kier alpha value is -1.42. The van der Waals surface area contributed by atoms with E-state index >= 15 is 0 Å². The van der Waals surface area contributed by atoms with E-state index in [2.05, 4.69) is 56.3 Å². The zero-order valence-corrected chi connectivity index (χ0v) is 11.5. The summed E-state index contributed by atoms with van der Waals surface area (Å²) in [5, 5.41) is 3.34. The first-order valence-corrected chi connectivity index (χ1v) is 6.23. The van der Waals surface area contributed by atoms with Crippen LogP contribution in [0.1, 0.15) is 17.1 Å². The van der Waals surface area contributed by atoms with Crippen molar-refractivity contribution >= 4 is 21.6 Å². The highest BCUT2D eigenvalue weighted by Gasteiger charge is 1.99. The lowest BCUT2D eigenvalue weighted by Gasteiger charge is -2.07. The summed E-state index contributed by atoms with van der Waals surface area (Å²) in [4.78, 5) is 8.42. The molecule has 2 aromatic rings. The first-order valence-electron chi connectivity index (χ1n) is 5.44. The van der Waals surface area contributed by atoms with E-state index in [9.17, 15) is 0 Å². The highest BCUT2D eigenvalue weighted by Crippen LogP contribution is 2.20. The maximum Gasteiger partial charge on any atom is 0.125 e. The third-order valence-corrected chi connectivity index (χ3v) is 3.33. The van der Waals surface area contributed by atoms with Gasteiger partial charge in [0.15, 0.2) is 0 Å². The van der Waals surface area contributed by atoms with Crippen LogP contribution in [0.25, 0.3) is 0 Å². The summed E-state index contributed by atoms with van der Waals surface area (Å²) >= 11 is 3.52. The van der Waals surface area contributed by atoms with Gasteiger partial charge < -0.3 is 5.32 Å². The zero-order valence-electron chi connectivity index (χ0n) is 9.87. The predicted octanol–water partition coefficient (Wildman–Crippen LogP) is 3.47. The molecule has 0 aliphatic heterocycles. The summed E-state index contributed by atoms with van der Waals surface area (Å²) in [5.74, 6) is 0.800. The fourth-order valence-electron chi connectivity index (χ4n) is 1.50. The number of nitrogens with one attached hydrogen (secondary N) is 1. The van der Waals surface area contributed by atoms with Crippen LogP contribution in [0.15, 0.2) is 34.9 Å². The average molecular weight is 292 g/mol. The standard InChI is InChI=1S/C13H14BrN3/c1-9-3-4-11(7-13(9)14)16-8-12-5-6-15-10(2)17-12/h3-7,16H,8H2,1-2H3. The number of hydrogen-bond acceptors (Lipinski definition) is 3. The molecule has 0 spiro atoms. The Bertz CT molecular complexity index is 526. The van der Waals surface area contributed by atoms with E-state index in [0.29, 0.717) is 6.54 Å². The summed E-state index contributed by atoms with van der Waals surface area (Å²) in [6.07, 6.45) is 1.78. The van der Waals surface area contributed by atoms with Gasteiger partial charge in [0.1, 0.15) is 5.82 Å². The molecule has 4 heteroatoms. The topological polar surface area (TPSA) is 37.8 Å². The van der Waals surface area contributed by atoms with Gasteiger partial charge in [-0.3, -0.25) is 0 Å². The number of hydrogen-bond donors (Lipinski definition) is 1. The molecule has 0 amide bonds. The molecule has 0 saturated carbocycles. The van der Waals surface area contributed by atoms with Crippen LogP contribution >= 0.6 is 15.9 Å². The van der Waals surface area contributed by atoms with E-state index in [-0.39, 0.29) is 0 Å². The maximum absolute atomic E-state index is 4.34. The van der Waals surface area contributed by atoms with E-state index in [1.165, 1.54) is 5.56 Å². The van der Waals surface area contributed by atoms with E-state index in [0.717, 1.165) is 21.7 Å². The summed E-state index contributed by atoms with van der Waals surface area (Å²) < 4.78 is 1.11. The Labute approximate surface area is 109 Å². The van der Waals surface area contributed by atoms with Crippen LogP contribution in [0.2, 0.25) is 0 Å². The lowest BCUT2D eigenvalue weighted by atomic mass is 10.2. The molecule has 1 N–H and O–H groups in total. The second kappa shape index (κ2) is 5.27. The molecule has 0 radical (unpaired) electrons. The second-order valence-corrected chi connectivity index (χ2v) is 4.77. The van der Waals surface area contributed by atoms with Gasteiger partial charge in [0, 0.05) is 16.4 Å². The second-order valence-electron chi connectivity index (χ2n) is 3.91. The van der Waals surface area contributed by atoms with Gasteiger partial charge in [-0.15, -0.1) is 0 Å². The molecule has 0 saturated heterocycles. The Balaban J connectivity index is 2.05. The number of aromatic nitrogens is 2. The molecule has 0 bridgehead atoms. The number of benzene rings is 1. The van der Waals surface area contributed by atoms with Gasteiger partial charge >= 0.3 is 0 Å². The minimum Gasteiger partial charge on any atom is -0.379 e. The molecule has 0 aliphatic carbocycles. The monoisotopic (exact) mass is 291 g/mol. The van der Waals surface area contributed by atoms with Gasteiger partial charge in [-0.25, -0.2) is 9.97 Å². The molecule has 17 heavy (non-hydrogen) atoms. The average Bonchev–Trinajstić information content (AvgIpc) is 2.31. The summed E-state index contributed by atoms with van der Waals surface area (Å²) in [7, 11) is 0. The molecule has 2 rings (SSSR count). The minimum atomic E-state index is 0.707. The van der Waals surface area contributed by atoms with Crippen LogP contribution in [-0.2, 0) is 6.54 Å². The van der Waals surface area contributed by atoms with Crippen molar-refractivity contribution in [1.82, 2.24) is 9.97 Å². The Kier molecular flexibility index (Phi) is 3.74. The lowest BCUT2D eigenvalue weighted by molar-refractivity contribution is 0.955. The largest absolute Gasteiger partial charge is 0.379 e. The van der Waals surface area contributed by atoms with Crippen LogP contribution in [0.5, 0.6) is 0 Å². The van der Waals surface area contributed by atoms with Crippen molar-refractivity contribution in [3.05, 3.63) is 52.0 Å². The normalized spacial score (nSPS) is 10.3. The summed E-state index contributed by atoms with van der Waals surface area (Å²) in [6.45, 7) is 4.67. The van der Waals surface area contributed by atoms with Crippen molar-refractivity contribution in [3.63, 3.8) is 0 Å². The van der Waals surface area contributed by atoms with Crippen molar-refractivity contribution < 1.29 is 0 Å². The molecule has 88 valence electrons. The third kappa shape index (κ3) is 3.27. The lowest BCUT2D eigenvalue weighted by Crippen LogP contribution is -2.03. The summed E-state index contributed by atoms with van der Waals surface area (Å²) in [5.41, 5.74) is 3.31. The quantitative estimate of drug-likeness (QED) is 0.941. The summed E-state index contributed by atoms with van der Waals surface area (Å²) in [6, 6.07) is 8.14. The first-order chi connectivity index (χ1) is 8.15. The first kappa shape index (κ1) is 12.0. The van der Waals surface area contributed by atoms with E-state index in [1.54, 1.807) is 6.20 Å². The molecule has 0 atom stereocenters. The Morgan fingerprint density at radius 3 is 2.76 bits per heavy atom. The van der Waals surface area contributed by atoms with Crippen molar-refractivity contribution in [2.75, 3.05) is 5.32 Å². The van der Waals surface area contributed by atoms with Crippen molar-refractivity contribution in [1.29, 1.82) is 0 Å². The minimum absolute atomic E-state index is 0.707. The predicted molar refractivity (Wildman–Crippen MR) is 73.0 cm³/mol. The smallest absolute Gasteiger partial charge is 0.125 e. The van der Waals surface area contributed by atoms with Gasteiger partial charge in [0.05, 0.1) is 12.2 Å². The molecule has 1 aromatic carbocycles.